The van der Waals surface area contributed by atoms with Crippen molar-refractivity contribution < 1.29 is 0 Å². The van der Waals surface area contributed by atoms with Gasteiger partial charge in [0, 0.05) is 63.5 Å². The maximum absolute atomic E-state index is 13.0. The molecule has 8 nitrogen and oxygen atoms in total. The van der Waals surface area contributed by atoms with Gasteiger partial charge in [-0.15, -0.1) is 0 Å². The van der Waals surface area contributed by atoms with Gasteiger partial charge in [0.15, 0.2) is 5.82 Å². The summed E-state index contributed by atoms with van der Waals surface area (Å²) >= 11 is 1.45. The molecule has 0 bridgehead atoms. The first-order chi connectivity index (χ1) is 15.1. The largest absolute Gasteiger partial charge is 0.369 e. The average Bonchev–Trinajstić information content (AvgIpc) is 3.47. The average molecular weight is 440 g/mol. The lowest BCUT2D eigenvalue weighted by Crippen LogP contribution is -2.46. The van der Waals surface area contributed by atoms with E-state index in [1.807, 2.05) is 29.6 Å². The van der Waals surface area contributed by atoms with E-state index in [4.69, 9.17) is 0 Å². The van der Waals surface area contributed by atoms with Crippen molar-refractivity contribution in [1.29, 1.82) is 0 Å². The van der Waals surface area contributed by atoms with Crippen molar-refractivity contribution in [2.75, 3.05) is 50.1 Å². The molecule has 9 heteroatoms. The molecule has 31 heavy (non-hydrogen) atoms. The van der Waals surface area contributed by atoms with Crippen LogP contribution < -0.4 is 15.4 Å². The second kappa shape index (κ2) is 8.55. The number of hydrogen-bond donors (Lipinski definition) is 0. The van der Waals surface area contributed by atoms with Gasteiger partial charge in [0.25, 0.3) is 5.56 Å². The zero-order valence-electron chi connectivity index (χ0n) is 18.2. The fourth-order valence-electron chi connectivity index (χ4n) is 4.62. The molecule has 0 atom stereocenters. The van der Waals surface area contributed by atoms with Crippen LogP contribution in [0.25, 0.3) is 10.9 Å². The Balaban J connectivity index is 1.26. The number of benzene rings is 1. The molecule has 0 spiro atoms. The minimum atomic E-state index is 0.0983. The summed E-state index contributed by atoms with van der Waals surface area (Å²) in [7, 11) is 3.98. The summed E-state index contributed by atoms with van der Waals surface area (Å²) < 4.78 is 6.33. The van der Waals surface area contributed by atoms with Crippen LogP contribution >= 0.6 is 11.5 Å². The van der Waals surface area contributed by atoms with Crippen molar-refractivity contribution in [3.63, 3.8) is 0 Å². The van der Waals surface area contributed by atoms with Crippen LogP contribution in [0, 0.1) is 0 Å². The summed E-state index contributed by atoms with van der Waals surface area (Å²) in [5, 5.41) is 1.67. The van der Waals surface area contributed by atoms with E-state index in [-0.39, 0.29) is 5.56 Å². The maximum Gasteiger partial charge on any atom is 0.261 e. The Morgan fingerprint density at radius 2 is 1.90 bits per heavy atom. The number of anilines is 2. The zero-order chi connectivity index (χ0) is 21.4. The maximum atomic E-state index is 13.0. The third-order valence-electron chi connectivity index (χ3n) is 6.43. The topological polar surface area (TPSA) is 70.4 Å². The quantitative estimate of drug-likeness (QED) is 0.605. The second-order valence-electron chi connectivity index (χ2n) is 8.75. The van der Waals surface area contributed by atoms with E-state index in [9.17, 15) is 4.79 Å². The van der Waals surface area contributed by atoms with Crippen molar-refractivity contribution in [3.8, 4) is 0 Å². The van der Waals surface area contributed by atoms with E-state index in [0.717, 1.165) is 73.1 Å². The summed E-state index contributed by atoms with van der Waals surface area (Å²) in [4.78, 5) is 29.0. The smallest absolute Gasteiger partial charge is 0.261 e. The first-order valence-corrected chi connectivity index (χ1v) is 11.8. The van der Waals surface area contributed by atoms with Gasteiger partial charge in [0.1, 0.15) is 0 Å². The molecular formula is C22H29N7OS. The van der Waals surface area contributed by atoms with Gasteiger partial charge in [-0.25, -0.2) is 9.97 Å². The molecule has 1 aromatic carbocycles. The highest BCUT2D eigenvalue weighted by molar-refractivity contribution is 7.09. The Morgan fingerprint density at radius 1 is 1.13 bits per heavy atom. The van der Waals surface area contributed by atoms with Crippen LogP contribution in [0.1, 0.15) is 37.5 Å². The van der Waals surface area contributed by atoms with Crippen LogP contribution in [0.2, 0.25) is 0 Å². The molecule has 3 heterocycles. The Morgan fingerprint density at radius 3 is 2.61 bits per heavy atom. The van der Waals surface area contributed by atoms with Gasteiger partial charge >= 0.3 is 0 Å². The van der Waals surface area contributed by atoms with E-state index >= 15 is 0 Å². The van der Waals surface area contributed by atoms with E-state index in [1.54, 1.807) is 6.33 Å². The van der Waals surface area contributed by atoms with Crippen LogP contribution in [0.4, 0.5) is 10.8 Å². The summed E-state index contributed by atoms with van der Waals surface area (Å²) in [6.07, 6.45) is 6.33. The molecule has 1 saturated heterocycles. The van der Waals surface area contributed by atoms with E-state index in [1.165, 1.54) is 24.4 Å². The lowest BCUT2D eigenvalue weighted by Gasteiger charge is -2.35. The SMILES string of the molecule is CN(C)c1nc(CN2CCN(c3ccc4c(=O)n(C5CCCC5)cnc4c3)CC2)ns1. The van der Waals surface area contributed by atoms with Crippen LogP contribution in [-0.4, -0.2) is 64.1 Å². The summed E-state index contributed by atoms with van der Waals surface area (Å²) in [5.41, 5.74) is 2.03. The number of hydrogen-bond acceptors (Lipinski definition) is 8. The molecule has 0 N–H and O–H groups in total. The number of nitrogens with zero attached hydrogens (tertiary/aromatic N) is 7. The highest BCUT2D eigenvalue weighted by atomic mass is 32.1. The van der Waals surface area contributed by atoms with Crippen molar-refractivity contribution in [2.24, 2.45) is 0 Å². The molecule has 164 valence electrons. The molecule has 1 saturated carbocycles. The fraction of sp³-hybridized carbons (Fsp3) is 0.545. The number of aromatic nitrogens is 4. The van der Waals surface area contributed by atoms with Crippen molar-refractivity contribution in [3.05, 3.63) is 40.7 Å². The third kappa shape index (κ3) is 4.16. The summed E-state index contributed by atoms with van der Waals surface area (Å²) in [5.74, 6) is 0.899. The van der Waals surface area contributed by atoms with Gasteiger partial charge < -0.3 is 9.80 Å². The predicted molar refractivity (Wildman–Crippen MR) is 125 cm³/mol. The van der Waals surface area contributed by atoms with Crippen LogP contribution in [-0.2, 0) is 6.54 Å². The van der Waals surface area contributed by atoms with E-state index < -0.39 is 0 Å². The second-order valence-corrected chi connectivity index (χ2v) is 9.48. The molecule has 2 fully saturated rings. The third-order valence-corrected chi connectivity index (χ3v) is 7.35. The van der Waals surface area contributed by atoms with Gasteiger partial charge in [-0.2, -0.15) is 4.37 Å². The molecule has 0 amide bonds. The van der Waals surface area contributed by atoms with Crippen LogP contribution in [0.5, 0.6) is 0 Å². The standard InChI is InChI=1S/C22H29N7OS/c1-26(2)22-24-20(25-31-22)14-27-9-11-28(12-10-27)17-7-8-18-19(13-17)23-15-29(21(18)30)16-5-3-4-6-16/h7-8,13,15-16H,3-6,9-12,14H2,1-2H3. The number of rotatable bonds is 5. The molecule has 5 rings (SSSR count). The van der Waals surface area contributed by atoms with Gasteiger partial charge in [0.2, 0.25) is 5.13 Å². The molecule has 2 aromatic heterocycles. The van der Waals surface area contributed by atoms with Gasteiger partial charge in [-0.05, 0) is 31.0 Å². The Bertz CT molecular complexity index is 1110. The molecule has 2 aliphatic rings. The minimum Gasteiger partial charge on any atom is -0.369 e. The molecular weight excluding hydrogens is 410 g/mol. The first-order valence-electron chi connectivity index (χ1n) is 11.1. The van der Waals surface area contributed by atoms with E-state index in [0.29, 0.717) is 6.04 Å². The summed E-state index contributed by atoms with van der Waals surface area (Å²) in [6, 6.07) is 6.42. The Labute approximate surface area is 186 Å². The lowest BCUT2D eigenvalue weighted by molar-refractivity contribution is 0.245. The van der Waals surface area contributed by atoms with Gasteiger partial charge in [-0.3, -0.25) is 14.3 Å². The molecule has 3 aromatic rings. The van der Waals surface area contributed by atoms with Crippen molar-refractivity contribution in [1.82, 2.24) is 23.8 Å². The van der Waals surface area contributed by atoms with Gasteiger partial charge in [0.05, 0.1) is 23.8 Å². The lowest BCUT2D eigenvalue weighted by atomic mass is 10.1. The van der Waals surface area contributed by atoms with Crippen molar-refractivity contribution in [2.45, 2.75) is 38.3 Å². The fourth-order valence-corrected chi connectivity index (χ4v) is 5.21. The van der Waals surface area contributed by atoms with E-state index in [2.05, 4.69) is 36.3 Å². The summed E-state index contributed by atoms with van der Waals surface area (Å²) in [6.45, 7) is 4.60. The number of piperazine rings is 1. The molecule has 1 aliphatic carbocycles. The highest BCUT2D eigenvalue weighted by Crippen LogP contribution is 2.29. The normalized spacial score (nSPS) is 18.2. The number of fused-ring (bicyclic) bond motifs is 1. The van der Waals surface area contributed by atoms with Gasteiger partial charge in [-0.1, -0.05) is 12.8 Å². The highest BCUT2D eigenvalue weighted by Gasteiger charge is 2.21. The predicted octanol–water partition coefficient (Wildman–Crippen LogP) is 2.75. The first kappa shape index (κ1) is 20.4. The Kier molecular flexibility index (Phi) is 5.62. The monoisotopic (exact) mass is 439 g/mol. The zero-order valence-corrected chi connectivity index (χ0v) is 19.0. The van der Waals surface area contributed by atoms with Crippen LogP contribution in [0.15, 0.2) is 29.3 Å². The van der Waals surface area contributed by atoms with Crippen molar-refractivity contribution >= 4 is 33.3 Å². The minimum absolute atomic E-state index is 0.0983. The molecule has 1 aliphatic heterocycles. The van der Waals surface area contributed by atoms with Crippen LogP contribution in [0.3, 0.4) is 0 Å². The molecule has 0 radical (unpaired) electrons. The molecule has 0 unspecified atom stereocenters. The Hall–Kier alpha value is -2.52.